The van der Waals surface area contributed by atoms with Gasteiger partial charge in [-0.2, -0.15) is 8.78 Å². The van der Waals surface area contributed by atoms with Crippen molar-refractivity contribution in [1.29, 1.82) is 0 Å². The molecule has 0 spiro atoms. The Morgan fingerprint density at radius 1 is 0.962 bits per heavy atom. The molecule has 5 nitrogen and oxygen atoms in total. The molecule has 140 valence electrons. The van der Waals surface area contributed by atoms with Crippen LogP contribution >= 0.6 is 0 Å². The second-order valence-electron chi connectivity index (χ2n) is 5.42. The molecule has 0 heterocycles. The molecule has 2 rings (SSSR count). The normalized spacial score (nSPS) is 11.4. The first-order valence-corrected chi connectivity index (χ1v) is 7.72. The Bertz CT molecular complexity index is 781. The molecule has 2 N–H and O–H groups in total. The van der Waals surface area contributed by atoms with Crippen LogP contribution in [0.25, 0.3) is 11.6 Å². The summed E-state index contributed by atoms with van der Waals surface area (Å²) in [6, 6.07) is 8.28. The SMILES string of the molecule is COc1cc(/C(C)=C/c2ccc(OC(F)F)c(N)c2)cc(OC)c1OC. The summed E-state index contributed by atoms with van der Waals surface area (Å²) in [7, 11) is 4.62. The molecule has 26 heavy (non-hydrogen) atoms. The van der Waals surface area contributed by atoms with E-state index in [1.807, 2.05) is 25.1 Å². The van der Waals surface area contributed by atoms with Crippen molar-refractivity contribution in [3.63, 3.8) is 0 Å². The topological polar surface area (TPSA) is 62.9 Å². The van der Waals surface area contributed by atoms with E-state index in [-0.39, 0.29) is 11.4 Å². The highest BCUT2D eigenvalue weighted by molar-refractivity contribution is 5.83. The maximum atomic E-state index is 12.3. The fourth-order valence-corrected chi connectivity index (χ4v) is 2.50. The van der Waals surface area contributed by atoms with Crippen molar-refractivity contribution in [3.8, 4) is 23.0 Å². The average Bonchev–Trinajstić information content (AvgIpc) is 2.62. The van der Waals surface area contributed by atoms with Gasteiger partial charge in [-0.3, -0.25) is 0 Å². The van der Waals surface area contributed by atoms with Crippen LogP contribution in [0.2, 0.25) is 0 Å². The minimum absolute atomic E-state index is 0.0532. The van der Waals surface area contributed by atoms with Crippen molar-refractivity contribution in [2.24, 2.45) is 0 Å². The van der Waals surface area contributed by atoms with E-state index in [9.17, 15) is 8.78 Å². The maximum absolute atomic E-state index is 12.3. The zero-order chi connectivity index (χ0) is 19.3. The lowest BCUT2D eigenvalue weighted by atomic mass is 10.0. The molecule has 0 amide bonds. The molecule has 0 aliphatic heterocycles. The Kier molecular flexibility index (Phi) is 6.27. The zero-order valence-electron chi connectivity index (χ0n) is 15.0. The Hall–Kier alpha value is -2.96. The number of benzene rings is 2. The summed E-state index contributed by atoms with van der Waals surface area (Å²) in [6.45, 7) is -1.01. The first kappa shape index (κ1) is 19.4. The Morgan fingerprint density at radius 3 is 2.04 bits per heavy atom. The van der Waals surface area contributed by atoms with Crippen LogP contribution in [0.15, 0.2) is 30.3 Å². The van der Waals surface area contributed by atoms with Gasteiger partial charge in [-0.05, 0) is 47.9 Å². The van der Waals surface area contributed by atoms with Crippen LogP contribution in [0.4, 0.5) is 14.5 Å². The maximum Gasteiger partial charge on any atom is 0.387 e. The molecule has 2 aromatic carbocycles. The van der Waals surface area contributed by atoms with Crippen LogP contribution in [0.5, 0.6) is 23.0 Å². The summed E-state index contributed by atoms with van der Waals surface area (Å²) in [4.78, 5) is 0. The standard InChI is InChI=1S/C19H21F2NO4/c1-11(7-12-5-6-15(14(22)8-12)26-19(20)21)13-9-16(23-2)18(25-4)17(10-13)24-3/h5-10,19H,22H2,1-4H3/b11-7+. The van der Waals surface area contributed by atoms with Crippen LogP contribution < -0.4 is 24.7 Å². The van der Waals surface area contributed by atoms with Crippen molar-refractivity contribution in [2.75, 3.05) is 27.1 Å². The number of nitrogens with two attached hydrogens (primary N) is 1. The van der Waals surface area contributed by atoms with Crippen LogP contribution in [-0.2, 0) is 0 Å². The van der Waals surface area contributed by atoms with Gasteiger partial charge >= 0.3 is 6.61 Å². The van der Waals surface area contributed by atoms with Gasteiger partial charge in [0.1, 0.15) is 5.75 Å². The molecular weight excluding hydrogens is 344 g/mol. The van der Waals surface area contributed by atoms with Gasteiger partial charge in [0.15, 0.2) is 11.5 Å². The van der Waals surface area contributed by atoms with Crippen molar-refractivity contribution in [1.82, 2.24) is 0 Å². The van der Waals surface area contributed by atoms with Crippen LogP contribution in [0, 0.1) is 0 Å². The number of hydrogen-bond acceptors (Lipinski definition) is 5. The number of hydrogen-bond donors (Lipinski definition) is 1. The van der Waals surface area contributed by atoms with Crippen molar-refractivity contribution in [2.45, 2.75) is 13.5 Å². The largest absolute Gasteiger partial charge is 0.493 e. The lowest BCUT2D eigenvalue weighted by Gasteiger charge is -2.14. The number of halogens is 2. The average molecular weight is 365 g/mol. The molecule has 0 aromatic heterocycles. The zero-order valence-corrected chi connectivity index (χ0v) is 15.0. The number of alkyl halides is 2. The Balaban J connectivity index is 2.39. The van der Waals surface area contributed by atoms with E-state index in [1.165, 1.54) is 13.2 Å². The summed E-state index contributed by atoms with van der Waals surface area (Å²) in [6.07, 6.45) is 1.86. The van der Waals surface area contributed by atoms with Gasteiger partial charge in [0.2, 0.25) is 5.75 Å². The predicted molar refractivity (Wildman–Crippen MR) is 97.1 cm³/mol. The lowest BCUT2D eigenvalue weighted by Crippen LogP contribution is -2.04. The predicted octanol–water partition coefficient (Wildman–Crippen LogP) is 4.46. The smallest absolute Gasteiger partial charge is 0.387 e. The number of methoxy groups -OCH3 is 3. The summed E-state index contributed by atoms with van der Waals surface area (Å²) >= 11 is 0. The monoisotopic (exact) mass is 365 g/mol. The van der Waals surface area contributed by atoms with Crippen molar-refractivity contribution < 1.29 is 27.7 Å². The molecule has 0 saturated heterocycles. The fraction of sp³-hybridized carbons (Fsp3) is 0.263. The minimum atomic E-state index is -2.92. The van der Waals surface area contributed by atoms with E-state index in [2.05, 4.69) is 4.74 Å². The molecule has 0 bridgehead atoms. The molecule has 0 aliphatic carbocycles. The summed E-state index contributed by atoms with van der Waals surface area (Å²) in [5.74, 6) is 1.52. The number of anilines is 1. The van der Waals surface area contributed by atoms with E-state index in [4.69, 9.17) is 19.9 Å². The highest BCUT2D eigenvalue weighted by Gasteiger charge is 2.14. The van der Waals surface area contributed by atoms with Crippen LogP contribution in [0.1, 0.15) is 18.1 Å². The van der Waals surface area contributed by atoms with Gasteiger partial charge in [0.25, 0.3) is 0 Å². The Labute approximate surface area is 150 Å². The molecular formula is C19H21F2NO4. The summed E-state index contributed by atoms with van der Waals surface area (Å²) in [5, 5.41) is 0. The van der Waals surface area contributed by atoms with E-state index in [0.29, 0.717) is 17.2 Å². The van der Waals surface area contributed by atoms with Gasteiger partial charge in [0, 0.05) is 0 Å². The van der Waals surface area contributed by atoms with Crippen molar-refractivity contribution in [3.05, 3.63) is 41.5 Å². The first-order chi connectivity index (χ1) is 12.4. The fourth-order valence-electron chi connectivity index (χ4n) is 2.50. The molecule has 0 saturated carbocycles. The van der Waals surface area contributed by atoms with Gasteiger partial charge < -0.3 is 24.7 Å². The Morgan fingerprint density at radius 2 is 1.58 bits per heavy atom. The molecule has 0 aliphatic rings. The summed E-state index contributed by atoms with van der Waals surface area (Å²) in [5.41, 5.74) is 8.40. The number of ether oxygens (including phenoxy) is 4. The minimum Gasteiger partial charge on any atom is -0.493 e. The second-order valence-corrected chi connectivity index (χ2v) is 5.42. The third-order valence-corrected chi connectivity index (χ3v) is 3.75. The molecule has 7 heteroatoms. The second kappa shape index (κ2) is 8.42. The number of allylic oxidation sites excluding steroid dienone is 1. The van der Waals surface area contributed by atoms with Gasteiger partial charge in [0.05, 0.1) is 27.0 Å². The number of nitrogen functional groups attached to an aromatic ring is 1. The lowest BCUT2D eigenvalue weighted by molar-refractivity contribution is -0.0493. The van der Waals surface area contributed by atoms with Crippen LogP contribution in [0.3, 0.4) is 0 Å². The van der Waals surface area contributed by atoms with E-state index < -0.39 is 6.61 Å². The van der Waals surface area contributed by atoms with E-state index in [0.717, 1.165) is 16.7 Å². The summed E-state index contributed by atoms with van der Waals surface area (Å²) < 4.78 is 45.0. The van der Waals surface area contributed by atoms with E-state index in [1.54, 1.807) is 26.4 Å². The molecule has 0 unspecified atom stereocenters. The molecule has 0 fully saturated rings. The molecule has 0 atom stereocenters. The van der Waals surface area contributed by atoms with Gasteiger partial charge in [-0.15, -0.1) is 0 Å². The first-order valence-electron chi connectivity index (χ1n) is 7.72. The molecule has 0 radical (unpaired) electrons. The molecule has 2 aromatic rings. The van der Waals surface area contributed by atoms with E-state index >= 15 is 0 Å². The van der Waals surface area contributed by atoms with Gasteiger partial charge in [-0.1, -0.05) is 12.1 Å². The highest BCUT2D eigenvalue weighted by atomic mass is 19.3. The third kappa shape index (κ3) is 4.36. The van der Waals surface area contributed by atoms with Gasteiger partial charge in [-0.25, -0.2) is 0 Å². The van der Waals surface area contributed by atoms with Crippen LogP contribution in [-0.4, -0.2) is 27.9 Å². The highest BCUT2D eigenvalue weighted by Crippen LogP contribution is 2.40. The quantitative estimate of drug-likeness (QED) is 0.580. The van der Waals surface area contributed by atoms with Crippen molar-refractivity contribution >= 4 is 17.3 Å². The third-order valence-electron chi connectivity index (χ3n) is 3.75. The number of rotatable bonds is 7.